The zero-order valence-corrected chi connectivity index (χ0v) is 18.4. The number of sulfone groups is 1. The number of rotatable bonds is 5. The highest BCUT2D eigenvalue weighted by atomic mass is 32.2. The summed E-state index contributed by atoms with van der Waals surface area (Å²) in [5.41, 5.74) is -0.571. The van der Waals surface area contributed by atoms with E-state index >= 15 is 0 Å². The smallest absolute Gasteiger partial charge is 0.399 e. The second kappa shape index (κ2) is 8.15. The fourth-order valence-corrected chi connectivity index (χ4v) is 4.95. The highest BCUT2D eigenvalue weighted by Crippen LogP contribution is 2.36. The molecule has 2 aliphatic heterocycles. The molecule has 3 heterocycles. The third-order valence-electron chi connectivity index (χ3n) is 6.01. The molecule has 2 N–H and O–H groups in total. The molecule has 0 aromatic carbocycles. The Hall–Kier alpha value is -1.60. The number of likely N-dealkylation sites (tertiary alicyclic amines) is 1. The van der Waals surface area contributed by atoms with E-state index in [1.54, 1.807) is 0 Å². The van der Waals surface area contributed by atoms with Gasteiger partial charge in [0.15, 0.2) is 6.10 Å². The standard InChI is InChI=1S/C18H28BN3O7S/c1-17(2)18(3,4)29-19(28-17)12-8-20-16(21-9-12)30(26,27)13-6-5-7-22(10-13)15(25)14(24)11-23/h8-9,13-14,23-24H,5-7,10-11H2,1-4H3/t13-,14-/m0/s1. The molecule has 12 heteroatoms. The summed E-state index contributed by atoms with van der Waals surface area (Å²) < 4.78 is 37.8. The van der Waals surface area contributed by atoms with Gasteiger partial charge >= 0.3 is 7.12 Å². The molecule has 1 aromatic heterocycles. The Morgan fingerprint density at radius 3 is 2.37 bits per heavy atom. The number of hydrogen-bond donors (Lipinski definition) is 2. The van der Waals surface area contributed by atoms with Gasteiger partial charge in [0.05, 0.1) is 23.1 Å². The molecule has 2 atom stereocenters. The van der Waals surface area contributed by atoms with Crippen LogP contribution in [0.1, 0.15) is 40.5 Å². The average molecular weight is 441 g/mol. The summed E-state index contributed by atoms with van der Waals surface area (Å²) in [7, 11) is -4.59. The van der Waals surface area contributed by atoms with Crippen molar-refractivity contribution in [3.63, 3.8) is 0 Å². The number of carbonyl (C=O) groups is 1. The van der Waals surface area contributed by atoms with Crippen LogP contribution >= 0.6 is 0 Å². The first kappa shape index (κ1) is 23.1. The van der Waals surface area contributed by atoms with Crippen LogP contribution in [0.25, 0.3) is 0 Å². The number of aliphatic hydroxyl groups excluding tert-OH is 2. The van der Waals surface area contributed by atoms with E-state index in [0.717, 1.165) is 0 Å². The van der Waals surface area contributed by atoms with E-state index in [-0.39, 0.29) is 11.7 Å². The lowest BCUT2D eigenvalue weighted by molar-refractivity contribution is -0.142. The van der Waals surface area contributed by atoms with E-state index in [1.165, 1.54) is 17.3 Å². The molecule has 2 aliphatic rings. The topological polar surface area (TPSA) is 139 Å². The minimum absolute atomic E-state index is 0.0828. The van der Waals surface area contributed by atoms with Crippen LogP contribution < -0.4 is 5.46 Å². The van der Waals surface area contributed by atoms with Crippen molar-refractivity contribution in [3.8, 4) is 0 Å². The number of carbonyl (C=O) groups excluding carboxylic acids is 1. The zero-order valence-electron chi connectivity index (χ0n) is 17.6. The largest absolute Gasteiger partial charge is 0.498 e. The summed E-state index contributed by atoms with van der Waals surface area (Å²) in [5.74, 6) is -0.686. The molecule has 0 aliphatic carbocycles. The molecule has 0 bridgehead atoms. The Morgan fingerprint density at radius 2 is 1.83 bits per heavy atom. The number of piperidine rings is 1. The number of aromatic nitrogens is 2. The number of hydrogen-bond acceptors (Lipinski definition) is 9. The van der Waals surface area contributed by atoms with Crippen molar-refractivity contribution in [3.05, 3.63) is 12.4 Å². The fraction of sp³-hybridized carbons (Fsp3) is 0.722. The van der Waals surface area contributed by atoms with Gasteiger partial charge in [-0.2, -0.15) is 0 Å². The number of amides is 1. The van der Waals surface area contributed by atoms with Crippen molar-refractivity contribution < 1.29 is 32.7 Å². The predicted octanol–water partition coefficient (Wildman–Crippen LogP) is -1.11. The predicted molar refractivity (Wildman–Crippen MR) is 108 cm³/mol. The lowest BCUT2D eigenvalue weighted by Gasteiger charge is -2.33. The van der Waals surface area contributed by atoms with Gasteiger partial charge in [0.25, 0.3) is 5.91 Å². The Labute approximate surface area is 176 Å². The third-order valence-corrected chi connectivity index (χ3v) is 8.00. The summed E-state index contributed by atoms with van der Waals surface area (Å²) in [6, 6.07) is 0. The van der Waals surface area contributed by atoms with Gasteiger partial charge in [-0.25, -0.2) is 18.4 Å². The van der Waals surface area contributed by atoms with Gasteiger partial charge in [0.1, 0.15) is 0 Å². The van der Waals surface area contributed by atoms with Gasteiger partial charge in [0.2, 0.25) is 15.0 Å². The first-order valence-corrected chi connectivity index (χ1v) is 11.4. The fourth-order valence-electron chi connectivity index (χ4n) is 3.40. The second-order valence-electron chi connectivity index (χ2n) is 8.68. The van der Waals surface area contributed by atoms with Gasteiger partial charge < -0.3 is 24.4 Å². The molecular weight excluding hydrogens is 413 g/mol. The van der Waals surface area contributed by atoms with E-state index in [4.69, 9.17) is 14.4 Å². The average Bonchev–Trinajstić information content (AvgIpc) is 2.94. The van der Waals surface area contributed by atoms with Crippen LogP contribution in [0.2, 0.25) is 0 Å². The maximum atomic E-state index is 13.0. The molecule has 10 nitrogen and oxygen atoms in total. The second-order valence-corrected chi connectivity index (χ2v) is 10.8. The van der Waals surface area contributed by atoms with Crippen molar-refractivity contribution in [1.82, 2.24) is 14.9 Å². The number of nitrogens with zero attached hydrogens (tertiary/aromatic N) is 3. The molecule has 0 saturated carbocycles. The van der Waals surface area contributed by atoms with E-state index < -0.39 is 52.0 Å². The van der Waals surface area contributed by atoms with Crippen LogP contribution in [0.3, 0.4) is 0 Å². The Balaban J connectivity index is 1.75. The quantitative estimate of drug-likeness (QED) is 0.430. The van der Waals surface area contributed by atoms with Crippen molar-refractivity contribution in [2.75, 3.05) is 19.7 Å². The van der Waals surface area contributed by atoms with Gasteiger partial charge in [0, 0.05) is 30.9 Å². The van der Waals surface area contributed by atoms with Gasteiger partial charge in [-0.1, -0.05) is 0 Å². The lowest BCUT2D eigenvalue weighted by Crippen LogP contribution is -2.49. The molecule has 0 unspecified atom stereocenters. The van der Waals surface area contributed by atoms with Crippen molar-refractivity contribution in [2.45, 2.75) is 68.2 Å². The van der Waals surface area contributed by atoms with Crippen molar-refractivity contribution in [1.29, 1.82) is 0 Å². The summed E-state index contributed by atoms with van der Waals surface area (Å²) >= 11 is 0. The van der Waals surface area contributed by atoms with Gasteiger partial charge in [-0.3, -0.25) is 4.79 Å². The minimum atomic E-state index is -3.89. The van der Waals surface area contributed by atoms with Crippen molar-refractivity contribution >= 4 is 28.3 Å². The van der Waals surface area contributed by atoms with E-state index in [0.29, 0.717) is 24.8 Å². The van der Waals surface area contributed by atoms with Gasteiger partial charge in [-0.05, 0) is 40.5 Å². The van der Waals surface area contributed by atoms with E-state index in [9.17, 15) is 18.3 Å². The van der Waals surface area contributed by atoms with E-state index in [1.807, 2.05) is 27.7 Å². The minimum Gasteiger partial charge on any atom is -0.399 e. The van der Waals surface area contributed by atoms with Crippen LogP contribution in [0.15, 0.2) is 17.6 Å². The van der Waals surface area contributed by atoms with Crippen LogP contribution in [0.4, 0.5) is 0 Å². The summed E-state index contributed by atoms with van der Waals surface area (Å²) in [6.07, 6.45) is 2.01. The highest BCUT2D eigenvalue weighted by Gasteiger charge is 2.52. The normalized spacial score (nSPS) is 24.7. The zero-order chi connectivity index (χ0) is 22.3. The summed E-state index contributed by atoms with van der Waals surface area (Å²) in [5, 5.41) is 17.3. The first-order valence-electron chi connectivity index (χ1n) is 9.88. The molecule has 30 heavy (non-hydrogen) atoms. The van der Waals surface area contributed by atoms with Crippen LogP contribution in [-0.2, 0) is 23.9 Å². The number of aliphatic hydroxyl groups is 2. The molecule has 1 amide bonds. The van der Waals surface area contributed by atoms with Crippen LogP contribution in [0.5, 0.6) is 0 Å². The first-order chi connectivity index (χ1) is 13.9. The molecule has 2 saturated heterocycles. The molecular formula is C18H28BN3O7S. The van der Waals surface area contributed by atoms with Crippen LogP contribution in [0, 0.1) is 0 Å². The monoisotopic (exact) mass is 441 g/mol. The van der Waals surface area contributed by atoms with E-state index in [2.05, 4.69) is 9.97 Å². The maximum Gasteiger partial charge on any atom is 0.498 e. The Kier molecular flexibility index (Phi) is 6.27. The highest BCUT2D eigenvalue weighted by molar-refractivity contribution is 7.91. The molecule has 2 fully saturated rings. The molecule has 1 aromatic rings. The van der Waals surface area contributed by atoms with Gasteiger partial charge in [-0.15, -0.1) is 0 Å². The maximum absolute atomic E-state index is 13.0. The Morgan fingerprint density at radius 1 is 1.27 bits per heavy atom. The SMILES string of the molecule is CC1(C)OB(c2cnc(S(=O)(=O)[C@H]3CCCN(C(=O)[C@@H](O)CO)C3)nc2)OC1(C)C. The molecule has 3 rings (SSSR count). The third kappa shape index (κ3) is 4.24. The summed E-state index contributed by atoms with van der Waals surface area (Å²) in [4.78, 5) is 21.4. The van der Waals surface area contributed by atoms with Crippen LogP contribution in [-0.4, -0.2) is 88.8 Å². The molecule has 0 spiro atoms. The molecule has 166 valence electrons. The molecule has 0 radical (unpaired) electrons. The van der Waals surface area contributed by atoms with Crippen molar-refractivity contribution in [2.24, 2.45) is 0 Å². The Bertz CT molecular complexity index is 876. The lowest BCUT2D eigenvalue weighted by atomic mass is 9.81. The summed E-state index contributed by atoms with van der Waals surface area (Å²) in [6.45, 7) is 7.18.